The second-order valence-electron chi connectivity index (χ2n) is 8.15. The molecule has 1 aliphatic carbocycles. The molecule has 172 valence electrons. The number of halogens is 6. The standard InChI is InChI=1S/C25H18F6OS/c1-3-8-17-20(14-9-4-6-11-16(14)32-17)22-21(23(26,27)25(30,31)24(22,28)29)19-13(2)33-18-12-7-5-10-15(18)19/h4-7,9-12H,3,8H2,1-2H3. The molecule has 0 saturated heterocycles. The molecule has 1 nitrogen and oxygen atoms in total. The number of alkyl halides is 6. The molecule has 1 aliphatic rings. The lowest BCUT2D eigenvalue weighted by Gasteiger charge is -2.26. The molecule has 0 fully saturated rings. The van der Waals surface area contributed by atoms with Crippen molar-refractivity contribution in [2.75, 3.05) is 0 Å². The van der Waals surface area contributed by atoms with Gasteiger partial charge in [-0.1, -0.05) is 43.3 Å². The van der Waals surface area contributed by atoms with Gasteiger partial charge >= 0.3 is 17.8 Å². The zero-order valence-electron chi connectivity index (χ0n) is 17.6. The Kier molecular flexibility index (Phi) is 4.77. The normalized spacial score (nSPS) is 19.2. The highest BCUT2D eigenvalue weighted by Crippen LogP contribution is 2.66. The first-order valence-corrected chi connectivity index (χ1v) is 11.2. The highest BCUT2D eigenvalue weighted by atomic mass is 32.1. The maximum absolute atomic E-state index is 15.4. The number of hydrogen-bond donors (Lipinski definition) is 0. The maximum Gasteiger partial charge on any atom is 0.380 e. The van der Waals surface area contributed by atoms with Gasteiger partial charge in [0.25, 0.3) is 0 Å². The average Bonchev–Trinajstić information content (AvgIpc) is 3.30. The SMILES string of the molecule is CCCc1oc2ccccc2c1C1=C(c2c(C)sc3ccccc23)C(F)(F)C(F)(F)C1(F)F. The lowest BCUT2D eigenvalue weighted by molar-refractivity contribution is -0.254. The molecule has 2 aromatic heterocycles. The van der Waals surface area contributed by atoms with E-state index in [0.717, 1.165) is 11.3 Å². The van der Waals surface area contributed by atoms with Gasteiger partial charge in [-0.25, -0.2) is 0 Å². The minimum atomic E-state index is -5.61. The van der Waals surface area contributed by atoms with E-state index in [1.165, 1.54) is 31.2 Å². The first kappa shape index (κ1) is 22.1. The number of hydrogen-bond acceptors (Lipinski definition) is 2. The molecule has 0 atom stereocenters. The van der Waals surface area contributed by atoms with Gasteiger partial charge in [0.1, 0.15) is 11.3 Å². The first-order chi connectivity index (χ1) is 15.5. The number of thiophene rings is 1. The van der Waals surface area contributed by atoms with Crippen molar-refractivity contribution < 1.29 is 30.8 Å². The highest BCUT2D eigenvalue weighted by molar-refractivity contribution is 7.19. The van der Waals surface area contributed by atoms with Crippen molar-refractivity contribution in [2.45, 2.75) is 44.5 Å². The number of rotatable bonds is 4. The second-order valence-corrected chi connectivity index (χ2v) is 9.41. The van der Waals surface area contributed by atoms with Crippen molar-refractivity contribution >= 4 is 43.5 Å². The summed E-state index contributed by atoms with van der Waals surface area (Å²) in [5.74, 6) is -15.8. The van der Waals surface area contributed by atoms with E-state index in [1.807, 2.05) is 0 Å². The van der Waals surface area contributed by atoms with Crippen molar-refractivity contribution in [2.24, 2.45) is 0 Å². The third-order valence-electron chi connectivity index (χ3n) is 6.08. The summed E-state index contributed by atoms with van der Waals surface area (Å²) in [6.45, 7) is 3.24. The van der Waals surface area contributed by atoms with Gasteiger partial charge in [0, 0.05) is 49.0 Å². The zero-order chi connectivity index (χ0) is 23.8. The molecular weight excluding hydrogens is 462 g/mol. The van der Waals surface area contributed by atoms with Crippen LogP contribution in [0.25, 0.3) is 32.2 Å². The lowest BCUT2D eigenvalue weighted by Crippen LogP contribution is -2.49. The molecule has 8 heteroatoms. The Morgan fingerprint density at radius 2 is 1.36 bits per heavy atom. The van der Waals surface area contributed by atoms with Crippen LogP contribution in [-0.4, -0.2) is 17.8 Å². The van der Waals surface area contributed by atoms with Crippen molar-refractivity contribution in [3.8, 4) is 0 Å². The average molecular weight is 480 g/mol. The van der Waals surface area contributed by atoms with E-state index < -0.39 is 28.9 Å². The number of aryl methyl sites for hydroxylation is 2. The fourth-order valence-corrected chi connectivity index (χ4v) is 5.71. The van der Waals surface area contributed by atoms with Crippen LogP contribution in [0.5, 0.6) is 0 Å². The fraction of sp³-hybridized carbons (Fsp3) is 0.280. The van der Waals surface area contributed by atoms with Crippen LogP contribution in [0.4, 0.5) is 26.3 Å². The van der Waals surface area contributed by atoms with Crippen molar-refractivity contribution in [3.63, 3.8) is 0 Å². The Balaban J connectivity index is 1.99. The first-order valence-electron chi connectivity index (χ1n) is 10.4. The van der Waals surface area contributed by atoms with E-state index in [1.54, 1.807) is 31.2 Å². The summed E-state index contributed by atoms with van der Waals surface area (Å²) in [5, 5.41) is 0.351. The summed E-state index contributed by atoms with van der Waals surface area (Å²) < 4.78 is 97.7. The number of furan rings is 1. The van der Waals surface area contributed by atoms with Gasteiger partial charge in [0.15, 0.2) is 0 Å². The third-order valence-corrected chi connectivity index (χ3v) is 7.17. The smallest absolute Gasteiger partial charge is 0.380 e. The van der Waals surface area contributed by atoms with Gasteiger partial charge in [0.05, 0.1) is 0 Å². The molecule has 2 aromatic carbocycles. The molecule has 0 spiro atoms. The Morgan fingerprint density at radius 1 is 0.788 bits per heavy atom. The van der Waals surface area contributed by atoms with Crippen molar-refractivity contribution in [1.29, 1.82) is 0 Å². The Morgan fingerprint density at radius 3 is 2.03 bits per heavy atom. The summed E-state index contributed by atoms with van der Waals surface area (Å²) in [6, 6.07) is 12.5. The molecule has 0 bridgehead atoms. The topological polar surface area (TPSA) is 13.1 Å². The van der Waals surface area contributed by atoms with Crippen LogP contribution in [0.2, 0.25) is 0 Å². The highest BCUT2D eigenvalue weighted by Gasteiger charge is 2.80. The van der Waals surface area contributed by atoms with E-state index in [2.05, 4.69) is 0 Å². The summed E-state index contributed by atoms with van der Waals surface area (Å²) >= 11 is 1.10. The van der Waals surface area contributed by atoms with E-state index in [9.17, 15) is 8.78 Å². The van der Waals surface area contributed by atoms with E-state index in [4.69, 9.17) is 4.42 Å². The van der Waals surface area contributed by atoms with Crippen LogP contribution < -0.4 is 0 Å². The number of benzene rings is 2. The molecule has 0 N–H and O–H groups in total. The maximum atomic E-state index is 15.4. The van der Waals surface area contributed by atoms with Gasteiger partial charge in [0.2, 0.25) is 0 Å². The Labute approximate surface area is 189 Å². The van der Waals surface area contributed by atoms with Gasteiger partial charge in [-0.05, 0) is 25.5 Å². The zero-order valence-corrected chi connectivity index (χ0v) is 18.4. The molecule has 33 heavy (non-hydrogen) atoms. The van der Waals surface area contributed by atoms with Crippen LogP contribution in [0.3, 0.4) is 0 Å². The second kappa shape index (κ2) is 7.13. The van der Waals surface area contributed by atoms with Crippen molar-refractivity contribution in [3.05, 3.63) is 70.3 Å². The molecule has 0 unspecified atom stereocenters. The fourth-order valence-electron chi connectivity index (χ4n) is 4.64. The van der Waals surface area contributed by atoms with Crippen LogP contribution in [-0.2, 0) is 6.42 Å². The molecule has 0 radical (unpaired) electrons. The quantitative estimate of drug-likeness (QED) is 0.266. The van der Waals surface area contributed by atoms with Crippen molar-refractivity contribution in [1.82, 2.24) is 0 Å². The predicted molar refractivity (Wildman–Crippen MR) is 118 cm³/mol. The summed E-state index contributed by atoms with van der Waals surface area (Å²) in [5.41, 5.74) is -3.11. The number of para-hydroxylation sites is 1. The molecule has 2 heterocycles. The van der Waals surface area contributed by atoms with Gasteiger partial charge in [-0.15, -0.1) is 11.3 Å². The number of allylic oxidation sites excluding steroid dienone is 2. The molecule has 0 amide bonds. The molecular formula is C25H18F6OS. The number of fused-ring (bicyclic) bond motifs is 2. The largest absolute Gasteiger partial charge is 0.460 e. The van der Waals surface area contributed by atoms with Crippen LogP contribution in [0.1, 0.15) is 35.1 Å². The van der Waals surface area contributed by atoms with Crippen LogP contribution in [0.15, 0.2) is 52.9 Å². The summed E-state index contributed by atoms with van der Waals surface area (Å²) in [4.78, 5) is 0.265. The van der Waals surface area contributed by atoms with Gasteiger partial charge < -0.3 is 4.42 Å². The van der Waals surface area contributed by atoms with Crippen LogP contribution in [0, 0.1) is 6.92 Å². The lowest BCUT2D eigenvalue weighted by atomic mass is 9.91. The Hall–Kier alpha value is -2.74. The molecule has 4 aromatic rings. The summed E-state index contributed by atoms with van der Waals surface area (Å²) in [7, 11) is 0. The van der Waals surface area contributed by atoms with E-state index in [0.29, 0.717) is 11.1 Å². The Bertz CT molecular complexity index is 1430. The van der Waals surface area contributed by atoms with Crippen LogP contribution >= 0.6 is 11.3 Å². The minimum absolute atomic E-state index is 0.00318. The third kappa shape index (κ3) is 2.79. The predicted octanol–water partition coefficient (Wildman–Crippen LogP) is 8.74. The monoisotopic (exact) mass is 480 g/mol. The van der Waals surface area contributed by atoms with Gasteiger partial charge in [-0.3, -0.25) is 0 Å². The molecule has 0 aliphatic heterocycles. The van der Waals surface area contributed by atoms with Gasteiger partial charge in [-0.2, -0.15) is 26.3 Å². The minimum Gasteiger partial charge on any atom is -0.460 e. The molecule has 0 saturated carbocycles. The molecule has 5 rings (SSSR count). The van der Waals surface area contributed by atoms with E-state index in [-0.39, 0.29) is 44.5 Å². The van der Waals surface area contributed by atoms with E-state index >= 15 is 17.6 Å². The summed E-state index contributed by atoms with van der Waals surface area (Å²) in [6.07, 6.45) is 0.589.